The number of methoxy groups -OCH3 is 2. The fraction of sp³-hybridized carbons (Fsp3) is 0.357. The smallest absolute Gasteiger partial charge is 0.239 e. The van der Waals surface area contributed by atoms with Crippen molar-refractivity contribution in [2.24, 2.45) is 16.8 Å². The minimum Gasteiger partial charge on any atom is -0.497 e. The van der Waals surface area contributed by atoms with Gasteiger partial charge in [0.05, 0.1) is 20.6 Å². The van der Waals surface area contributed by atoms with Crippen LogP contribution in [-0.4, -0.2) is 38.5 Å². The number of ether oxygens (including phenoxy) is 2. The molecule has 2 aromatic carbocycles. The molecule has 0 fully saturated rings. The lowest BCUT2D eigenvalue weighted by Crippen LogP contribution is -2.30. The quantitative estimate of drug-likeness (QED) is 0.247. The van der Waals surface area contributed by atoms with Gasteiger partial charge >= 0.3 is 0 Å². The molecule has 0 aliphatic rings. The summed E-state index contributed by atoms with van der Waals surface area (Å²) >= 11 is 0. The first-order valence-corrected chi connectivity index (χ1v) is 11.5. The van der Waals surface area contributed by atoms with Gasteiger partial charge in [-0.3, -0.25) is 0 Å². The number of hydrogen-bond acceptors (Lipinski definition) is 5. The molecule has 0 aliphatic carbocycles. The lowest BCUT2D eigenvalue weighted by Gasteiger charge is -2.23. The van der Waals surface area contributed by atoms with E-state index in [1.807, 2.05) is 48.5 Å². The van der Waals surface area contributed by atoms with Gasteiger partial charge in [0.15, 0.2) is 0 Å². The van der Waals surface area contributed by atoms with Gasteiger partial charge in [0.1, 0.15) is 28.9 Å². The van der Waals surface area contributed by atoms with Gasteiger partial charge in [-0.2, -0.15) is 5.26 Å². The van der Waals surface area contributed by atoms with Gasteiger partial charge in [0.25, 0.3) is 0 Å². The van der Waals surface area contributed by atoms with Crippen LogP contribution in [0.25, 0.3) is 22.5 Å². The Morgan fingerprint density at radius 1 is 0.882 bits per heavy atom. The number of rotatable bonds is 10. The third-order valence-electron chi connectivity index (χ3n) is 5.27. The molecule has 0 saturated heterocycles. The SMILES string of the molecule is COc1ccc(-c2oc(N=CN(CC(C)C)CC(C)C)c(C#N)c2-c2ccc(OC)cc2)cc1. The summed E-state index contributed by atoms with van der Waals surface area (Å²) in [7, 11) is 3.26. The molecule has 0 unspecified atom stereocenters. The molecule has 6 nitrogen and oxygen atoms in total. The summed E-state index contributed by atoms with van der Waals surface area (Å²) in [4.78, 5) is 6.83. The van der Waals surface area contributed by atoms with Crippen molar-refractivity contribution >= 4 is 12.2 Å². The predicted octanol–water partition coefficient (Wildman–Crippen LogP) is 6.78. The molecule has 0 bridgehead atoms. The van der Waals surface area contributed by atoms with E-state index in [1.165, 1.54) is 0 Å². The molecule has 0 aliphatic heterocycles. The van der Waals surface area contributed by atoms with Crippen LogP contribution in [-0.2, 0) is 0 Å². The normalized spacial score (nSPS) is 11.3. The second kappa shape index (κ2) is 11.4. The number of hydrogen-bond donors (Lipinski definition) is 0. The maximum atomic E-state index is 10.1. The van der Waals surface area contributed by atoms with Gasteiger partial charge in [-0.25, -0.2) is 4.99 Å². The molecule has 0 amide bonds. The fourth-order valence-corrected chi connectivity index (χ4v) is 3.83. The number of aliphatic imine (C=N–C) groups is 1. The standard InChI is InChI=1S/C28H33N3O3/c1-19(2)16-31(17-20(3)4)18-30-28-25(15-29)26(21-7-11-23(32-5)12-8-21)27(34-28)22-9-13-24(33-6)14-10-22/h7-14,18-20H,16-17H2,1-6H3. The molecule has 3 aromatic rings. The average molecular weight is 460 g/mol. The van der Waals surface area contributed by atoms with Gasteiger partial charge in [-0.05, 0) is 53.8 Å². The molecular weight excluding hydrogens is 426 g/mol. The van der Waals surface area contributed by atoms with E-state index in [0.717, 1.165) is 35.7 Å². The van der Waals surface area contributed by atoms with Crippen molar-refractivity contribution in [3.05, 3.63) is 54.1 Å². The number of nitriles is 1. The molecule has 0 atom stereocenters. The molecule has 178 valence electrons. The van der Waals surface area contributed by atoms with E-state index in [1.54, 1.807) is 20.6 Å². The fourth-order valence-electron chi connectivity index (χ4n) is 3.83. The van der Waals surface area contributed by atoms with E-state index in [2.05, 4.69) is 43.7 Å². The largest absolute Gasteiger partial charge is 0.497 e. The minimum atomic E-state index is 0.302. The molecule has 0 radical (unpaired) electrons. The monoisotopic (exact) mass is 459 g/mol. The van der Waals surface area contributed by atoms with Gasteiger partial charge in [0.2, 0.25) is 5.88 Å². The Morgan fingerprint density at radius 2 is 1.38 bits per heavy atom. The highest BCUT2D eigenvalue weighted by Crippen LogP contribution is 2.43. The Kier molecular flexibility index (Phi) is 8.37. The van der Waals surface area contributed by atoms with Crippen LogP contribution in [0.5, 0.6) is 11.5 Å². The maximum Gasteiger partial charge on any atom is 0.239 e. The summed E-state index contributed by atoms with van der Waals surface area (Å²) in [6, 6.07) is 17.5. The van der Waals surface area contributed by atoms with E-state index in [-0.39, 0.29) is 0 Å². The van der Waals surface area contributed by atoms with Crippen molar-refractivity contribution in [3.63, 3.8) is 0 Å². The topological polar surface area (TPSA) is 71.0 Å². The minimum absolute atomic E-state index is 0.302. The number of nitrogens with zero attached hydrogens (tertiary/aromatic N) is 3. The van der Waals surface area contributed by atoms with E-state index >= 15 is 0 Å². The molecule has 6 heteroatoms. The van der Waals surface area contributed by atoms with Gasteiger partial charge < -0.3 is 18.8 Å². The summed E-state index contributed by atoms with van der Waals surface area (Å²) in [6.45, 7) is 10.5. The zero-order valence-electron chi connectivity index (χ0n) is 20.8. The van der Waals surface area contributed by atoms with Crippen molar-refractivity contribution in [2.45, 2.75) is 27.7 Å². The van der Waals surface area contributed by atoms with Crippen molar-refractivity contribution in [1.29, 1.82) is 5.26 Å². The summed E-state index contributed by atoms with van der Waals surface area (Å²) in [5, 5.41) is 10.1. The Bertz CT molecular complexity index is 1130. The molecule has 1 aromatic heterocycles. The predicted molar refractivity (Wildman–Crippen MR) is 137 cm³/mol. The van der Waals surface area contributed by atoms with Crippen LogP contribution in [0.4, 0.5) is 5.88 Å². The van der Waals surface area contributed by atoms with E-state index < -0.39 is 0 Å². The van der Waals surface area contributed by atoms with Crippen LogP contribution >= 0.6 is 0 Å². The molecule has 0 saturated carbocycles. The van der Waals surface area contributed by atoms with Crippen LogP contribution in [0.15, 0.2) is 57.9 Å². The van der Waals surface area contributed by atoms with Crippen molar-refractivity contribution in [3.8, 4) is 40.0 Å². The summed E-state index contributed by atoms with van der Waals surface area (Å²) in [5.74, 6) is 3.36. The highest BCUT2D eigenvalue weighted by molar-refractivity contribution is 5.88. The van der Waals surface area contributed by atoms with Crippen LogP contribution < -0.4 is 9.47 Å². The van der Waals surface area contributed by atoms with Crippen LogP contribution in [0.2, 0.25) is 0 Å². The first kappa shape index (κ1) is 24.9. The lowest BCUT2D eigenvalue weighted by atomic mass is 9.98. The second-order valence-corrected chi connectivity index (χ2v) is 9.04. The van der Waals surface area contributed by atoms with E-state index in [0.29, 0.717) is 34.6 Å². The second-order valence-electron chi connectivity index (χ2n) is 9.04. The first-order valence-electron chi connectivity index (χ1n) is 11.5. The number of furan rings is 1. The Hall–Kier alpha value is -3.72. The summed E-state index contributed by atoms with van der Waals surface area (Å²) < 4.78 is 16.9. The molecule has 34 heavy (non-hydrogen) atoms. The van der Waals surface area contributed by atoms with Crippen molar-refractivity contribution in [1.82, 2.24) is 4.90 Å². The van der Waals surface area contributed by atoms with Gasteiger partial charge in [0, 0.05) is 24.2 Å². The van der Waals surface area contributed by atoms with E-state index in [4.69, 9.17) is 13.9 Å². The Morgan fingerprint density at radius 3 is 1.82 bits per heavy atom. The Labute approximate surface area is 202 Å². The molecule has 0 spiro atoms. The average Bonchev–Trinajstić information content (AvgIpc) is 3.20. The zero-order chi connectivity index (χ0) is 24.7. The first-order chi connectivity index (χ1) is 16.4. The van der Waals surface area contributed by atoms with Crippen molar-refractivity contribution < 1.29 is 13.9 Å². The third-order valence-corrected chi connectivity index (χ3v) is 5.27. The van der Waals surface area contributed by atoms with Crippen molar-refractivity contribution in [2.75, 3.05) is 27.3 Å². The molecule has 3 rings (SSSR count). The highest BCUT2D eigenvalue weighted by atomic mass is 16.5. The summed E-state index contributed by atoms with van der Waals surface area (Å²) in [5.41, 5.74) is 2.81. The van der Waals surface area contributed by atoms with Crippen LogP contribution in [0, 0.1) is 23.2 Å². The lowest BCUT2D eigenvalue weighted by molar-refractivity contribution is 0.336. The zero-order valence-corrected chi connectivity index (χ0v) is 20.8. The molecule has 0 N–H and O–H groups in total. The third kappa shape index (κ3) is 5.99. The van der Waals surface area contributed by atoms with E-state index in [9.17, 15) is 5.26 Å². The maximum absolute atomic E-state index is 10.1. The van der Waals surface area contributed by atoms with Gasteiger partial charge in [-0.15, -0.1) is 0 Å². The summed E-state index contributed by atoms with van der Waals surface area (Å²) in [6.07, 6.45) is 1.80. The molecule has 1 heterocycles. The van der Waals surface area contributed by atoms with Gasteiger partial charge in [-0.1, -0.05) is 39.8 Å². The Balaban J connectivity index is 2.12. The number of benzene rings is 2. The van der Waals surface area contributed by atoms with Crippen LogP contribution in [0.1, 0.15) is 33.3 Å². The molecular formula is C28H33N3O3. The van der Waals surface area contributed by atoms with Crippen LogP contribution in [0.3, 0.4) is 0 Å². The highest BCUT2D eigenvalue weighted by Gasteiger charge is 2.23.